The van der Waals surface area contributed by atoms with Crippen molar-refractivity contribution >= 4 is 22.4 Å². The molecule has 1 fully saturated rings. The Kier molecular flexibility index (Phi) is 4.36. The number of nitrogen functional groups attached to an aromatic ring is 1. The molecule has 6 heteroatoms. The molecule has 0 radical (unpaired) electrons. The van der Waals surface area contributed by atoms with Gasteiger partial charge in [0.05, 0.1) is 5.56 Å². The molecular weight excluding hydrogens is 282 g/mol. The van der Waals surface area contributed by atoms with Crippen LogP contribution in [0.25, 0.3) is 11.1 Å². The third-order valence-electron chi connectivity index (χ3n) is 3.85. The lowest BCUT2D eigenvalue weighted by atomic mass is 10.1. The van der Waals surface area contributed by atoms with Crippen molar-refractivity contribution in [1.82, 2.24) is 14.3 Å². The molecule has 1 aliphatic heterocycles. The van der Waals surface area contributed by atoms with Crippen molar-refractivity contribution in [3.8, 4) is 11.1 Å². The molecule has 1 aliphatic rings. The van der Waals surface area contributed by atoms with Crippen LogP contribution >= 0.6 is 11.5 Å². The Hall–Kier alpha value is -1.66. The molecule has 5 nitrogen and oxygen atoms in total. The molecule has 0 amide bonds. The van der Waals surface area contributed by atoms with Crippen LogP contribution in [0.15, 0.2) is 24.5 Å². The average Bonchev–Trinajstić information content (AvgIpc) is 2.91. The summed E-state index contributed by atoms with van der Waals surface area (Å²) < 4.78 is 4.36. The summed E-state index contributed by atoms with van der Waals surface area (Å²) >= 11 is 1.50. The predicted molar refractivity (Wildman–Crippen MR) is 88.7 cm³/mol. The van der Waals surface area contributed by atoms with Crippen molar-refractivity contribution in [1.29, 1.82) is 0 Å². The third kappa shape index (κ3) is 3.01. The van der Waals surface area contributed by atoms with Gasteiger partial charge >= 0.3 is 0 Å². The van der Waals surface area contributed by atoms with Crippen molar-refractivity contribution in [2.24, 2.45) is 0 Å². The lowest BCUT2D eigenvalue weighted by Crippen LogP contribution is -2.46. The number of nitrogens with zero attached hydrogens (tertiary/aromatic N) is 4. The fourth-order valence-corrected chi connectivity index (χ4v) is 3.67. The Bertz CT molecular complexity index is 575. The van der Waals surface area contributed by atoms with Crippen LogP contribution in [-0.2, 0) is 0 Å². The summed E-state index contributed by atoms with van der Waals surface area (Å²) in [5.74, 6) is 0.610. The number of hydrogen-bond donors (Lipinski definition) is 1. The second-order valence-electron chi connectivity index (χ2n) is 5.32. The van der Waals surface area contributed by atoms with Gasteiger partial charge in [-0.3, -0.25) is 9.88 Å². The van der Waals surface area contributed by atoms with Gasteiger partial charge in [-0.15, -0.1) is 0 Å². The van der Waals surface area contributed by atoms with E-state index in [9.17, 15) is 0 Å². The molecule has 3 rings (SSSR count). The van der Waals surface area contributed by atoms with Gasteiger partial charge < -0.3 is 10.6 Å². The maximum absolute atomic E-state index is 6.09. The minimum Gasteiger partial charge on any atom is -0.382 e. The first kappa shape index (κ1) is 14.3. The quantitative estimate of drug-likeness (QED) is 0.939. The van der Waals surface area contributed by atoms with E-state index in [0.717, 1.165) is 37.3 Å². The first-order valence-corrected chi connectivity index (χ1v) is 8.19. The Morgan fingerprint density at radius 1 is 1.29 bits per heavy atom. The molecule has 112 valence electrons. The molecule has 0 spiro atoms. The molecular formula is C15H21N5S. The van der Waals surface area contributed by atoms with Gasteiger partial charge in [-0.2, -0.15) is 4.37 Å². The summed E-state index contributed by atoms with van der Waals surface area (Å²) in [6.45, 7) is 7.71. The third-order valence-corrected chi connectivity index (χ3v) is 4.77. The van der Waals surface area contributed by atoms with E-state index in [1.54, 1.807) is 6.20 Å². The van der Waals surface area contributed by atoms with Gasteiger partial charge in [0.25, 0.3) is 0 Å². The van der Waals surface area contributed by atoms with E-state index < -0.39 is 0 Å². The van der Waals surface area contributed by atoms with Crippen LogP contribution in [0.1, 0.15) is 13.3 Å². The molecule has 0 aromatic carbocycles. The summed E-state index contributed by atoms with van der Waals surface area (Å²) in [4.78, 5) is 9.12. The highest BCUT2D eigenvalue weighted by Gasteiger charge is 2.23. The van der Waals surface area contributed by atoms with Gasteiger partial charge in [0.15, 0.2) is 0 Å². The summed E-state index contributed by atoms with van der Waals surface area (Å²) in [7, 11) is 0. The number of piperazine rings is 1. The summed E-state index contributed by atoms with van der Waals surface area (Å²) in [5, 5.41) is 1.18. The normalized spacial score (nSPS) is 16.3. The van der Waals surface area contributed by atoms with Crippen molar-refractivity contribution in [2.75, 3.05) is 43.4 Å². The van der Waals surface area contributed by atoms with E-state index in [4.69, 9.17) is 5.73 Å². The van der Waals surface area contributed by atoms with Gasteiger partial charge in [-0.05, 0) is 30.6 Å². The highest BCUT2D eigenvalue weighted by atomic mass is 32.1. The fourth-order valence-electron chi connectivity index (χ4n) is 2.78. The van der Waals surface area contributed by atoms with Crippen molar-refractivity contribution in [2.45, 2.75) is 13.3 Å². The van der Waals surface area contributed by atoms with Gasteiger partial charge in [0.1, 0.15) is 10.8 Å². The van der Waals surface area contributed by atoms with Crippen LogP contribution in [0, 0.1) is 0 Å². The minimum absolute atomic E-state index is 0.610. The molecule has 0 saturated carbocycles. The molecule has 0 aliphatic carbocycles. The second-order valence-corrected chi connectivity index (χ2v) is 6.07. The van der Waals surface area contributed by atoms with E-state index in [0.29, 0.717) is 5.82 Å². The second kappa shape index (κ2) is 6.41. The molecule has 3 heterocycles. The zero-order chi connectivity index (χ0) is 14.7. The monoisotopic (exact) mass is 303 g/mol. The Morgan fingerprint density at radius 3 is 2.76 bits per heavy atom. The van der Waals surface area contributed by atoms with E-state index in [-0.39, 0.29) is 0 Å². The van der Waals surface area contributed by atoms with Crippen LogP contribution < -0.4 is 10.6 Å². The Morgan fingerprint density at radius 2 is 2.10 bits per heavy atom. The topological polar surface area (TPSA) is 58.3 Å². The lowest BCUT2D eigenvalue weighted by Gasteiger charge is -2.35. The smallest absolute Gasteiger partial charge is 0.147 e. The van der Waals surface area contributed by atoms with Gasteiger partial charge in [0, 0.05) is 44.1 Å². The first-order valence-electron chi connectivity index (χ1n) is 7.42. The average molecular weight is 303 g/mol. The number of pyridine rings is 1. The fraction of sp³-hybridized carbons (Fsp3) is 0.467. The Balaban J connectivity index is 1.81. The molecule has 2 aromatic heterocycles. The molecule has 2 aromatic rings. The number of aromatic nitrogens is 2. The van der Waals surface area contributed by atoms with Crippen molar-refractivity contribution < 1.29 is 0 Å². The van der Waals surface area contributed by atoms with Crippen LogP contribution in [0.3, 0.4) is 0 Å². The highest BCUT2D eigenvalue weighted by Crippen LogP contribution is 2.39. The summed E-state index contributed by atoms with van der Waals surface area (Å²) in [6, 6.07) is 3.99. The van der Waals surface area contributed by atoms with Crippen LogP contribution in [0.4, 0.5) is 10.8 Å². The first-order chi connectivity index (χ1) is 10.3. The zero-order valence-electron chi connectivity index (χ0n) is 12.3. The van der Waals surface area contributed by atoms with Crippen LogP contribution in [0.2, 0.25) is 0 Å². The maximum Gasteiger partial charge on any atom is 0.147 e. The number of rotatable bonds is 4. The molecule has 2 N–H and O–H groups in total. The van der Waals surface area contributed by atoms with Gasteiger partial charge in [-0.25, -0.2) is 0 Å². The van der Waals surface area contributed by atoms with E-state index in [1.165, 1.54) is 29.5 Å². The SMILES string of the molecule is CCCN1CCN(c2snc(N)c2-c2cccnc2)CC1. The zero-order valence-corrected chi connectivity index (χ0v) is 13.1. The molecule has 21 heavy (non-hydrogen) atoms. The van der Waals surface area contributed by atoms with Gasteiger partial charge in [0.2, 0.25) is 0 Å². The summed E-state index contributed by atoms with van der Waals surface area (Å²) in [5.41, 5.74) is 8.18. The molecule has 0 bridgehead atoms. The molecule has 0 atom stereocenters. The molecule has 0 unspecified atom stereocenters. The van der Waals surface area contributed by atoms with E-state index in [2.05, 4.69) is 26.1 Å². The van der Waals surface area contributed by atoms with Crippen LogP contribution in [-0.4, -0.2) is 47.0 Å². The van der Waals surface area contributed by atoms with E-state index in [1.807, 2.05) is 18.3 Å². The Labute approximate surface area is 129 Å². The standard InChI is InChI=1S/C15H21N5S/c1-2-6-19-7-9-20(10-8-19)15-13(14(16)18-21-15)12-4-3-5-17-11-12/h3-5,11H,2,6-10H2,1H3,(H2,16,18). The van der Waals surface area contributed by atoms with Crippen molar-refractivity contribution in [3.05, 3.63) is 24.5 Å². The van der Waals surface area contributed by atoms with Crippen LogP contribution in [0.5, 0.6) is 0 Å². The number of nitrogens with two attached hydrogens (primary N) is 1. The number of hydrogen-bond acceptors (Lipinski definition) is 6. The molecule has 1 saturated heterocycles. The predicted octanol–water partition coefficient (Wildman–Crippen LogP) is 2.32. The van der Waals surface area contributed by atoms with E-state index >= 15 is 0 Å². The highest BCUT2D eigenvalue weighted by molar-refractivity contribution is 7.11. The van der Waals surface area contributed by atoms with Crippen molar-refractivity contribution in [3.63, 3.8) is 0 Å². The maximum atomic E-state index is 6.09. The number of anilines is 2. The van der Waals surface area contributed by atoms with Gasteiger partial charge in [-0.1, -0.05) is 13.0 Å². The summed E-state index contributed by atoms with van der Waals surface area (Å²) in [6.07, 6.45) is 4.86. The largest absolute Gasteiger partial charge is 0.382 e. The lowest BCUT2D eigenvalue weighted by molar-refractivity contribution is 0.259. The minimum atomic E-state index is 0.610.